The molecule has 0 bridgehead atoms. The van der Waals surface area contributed by atoms with Crippen molar-refractivity contribution in [3.8, 4) is 0 Å². The molecular weight excluding hydrogens is 344 g/mol. The molecule has 2 aromatic rings. The van der Waals surface area contributed by atoms with Crippen molar-refractivity contribution in [1.29, 1.82) is 0 Å². The molecule has 1 aromatic carbocycles. The number of nitrogens with one attached hydrogen (secondary N) is 3. The molecular formula is C20H22N4O3. The van der Waals surface area contributed by atoms with Crippen molar-refractivity contribution in [1.82, 2.24) is 20.8 Å². The summed E-state index contributed by atoms with van der Waals surface area (Å²) in [5, 5.41) is 12.6. The van der Waals surface area contributed by atoms with Crippen LogP contribution in [0.4, 0.5) is 0 Å². The van der Waals surface area contributed by atoms with Crippen LogP contribution in [0.1, 0.15) is 36.1 Å². The molecule has 3 N–H and O–H groups in total. The van der Waals surface area contributed by atoms with E-state index in [2.05, 4.69) is 20.8 Å². The van der Waals surface area contributed by atoms with E-state index in [1.165, 1.54) is 6.07 Å². The second-order valence-corrected chi connectivity index (χ2v) is 7.36. The number of amides is 2. The zero-order valence-corrected chi connectivity index (χ0v) is 15.0. The highest BCUT2D eigenvalue weighted by Crippen LogP contribution is 2.31. The molecule has 2 heterocycles. The zero-order valence-electron chi connectivity index (χ0n) is 15.0. The van der Waals surface area contributed by atoms with Crippen LogP contribution in [0, 0.1) is 5.92 Å². The topological polar surface area (TPSA) is 104 Å². The summed E-state index contributed by atoms with van der Waals surface area (Å²) >= 11 is 0. The number of aromatic nitrogens is 2. The number of aromatic amines is 1. The van der Waals surface area contributed by atoms with Gasteiger partial charge in [-0.25, -0.2) is 5.10 Å². The molecule has 1 saturated heterocycles. The maximum absolute atomic E-state index is 12.8. The minimum atomic E-state index is -0.556. The number of nitrogens with zero attached hydrogens (tertiary/aromatic N) is 1. The minimum absolute atomic E-state index is 0.00463. The first-order valence-electron chi connectivity index (χ1n) is 9.27. The molecule has 2 amide bonds. The van der Waals surface area contributed by atoms with E-state index in [1.807, 2.05) is 30.3 Å². The van der Waals surface area contributed by atoms with Crippen LogP contribution in [0.3, 0.4) is 0 Å². The highest BCUT2D eigenvalue weighted by atomic mass is 16.2. The molecule has 27 heavy (non-hydrogen) atoms. The molecule has 0 radical (unpaired) electrons. The van der Waals surface area contributed by atoms with Gasteiger partial charge < -0.3 is 10.6 Å². The number of carbonyl (C=O) groups excluding carboxylic acids is 2. The van der Waals surface area contributed by atoms with Gasteiger partial charge in [0.2, 0.25) is 11.8 Å². The molecule has 1 aromatic heterocycles. The Balaban J connectivity index is 1.46. The Labute approximate surface area is 156 Å². The number of carbonyl (C=O) groups is 2. The van der Waals surface area contributed by atoms with Crippen molar-refractivity contribution < 1.29 is 9.59 Å². The quantitative estimate of drug-likeness (QED) is 0.744. The van der Waals surface area contributed by atoms with Crippen LogP contribution in [-0.4, -0.2) is 28.6 Å². The van der Waals surface area contributed by atoms with Gasteiger partial charge in [-0.3, -0.25) is 14.4 Å². The summed E-state index contributed by atoms with van der Waals surface area (Å²) in [6.45, 7) is 0.360. The third-order valence-corrected chi connectivity index (χ3v) is 5.59. The summed E-state index contributed by atoms with van der Waals surface area (Å²) in [5.41, 5.74) is 1.91. The normalized spacial score (nSPS) is 24.1. The van der Waals surface area contributed by atoms with Crippen molar-refractivity contribution in [2.75, 3.05) is 6.54 Å². The monoisotopic (exact) mass is 366 g/mol. The predicted molar refractivity (Wildman–Crippen MR) is 98.9 cm³/mol. The minimum Gasteiger partial charge on any atom is -0.353 e. The summed E-state index contributed by atoms with van der Waals surface area (Å²) in [7, 11) is 0. The molecule has 1 aliphatic carbocycles. The smallest absolute Gasteiger partial charge is 0.264 e. The van der Waals surface area contributed by atoms with Gasteiger partial charge in [0, 0.05) is 24.9 Å². The summed E-state index contributed by atoms with van der Waals surface area (Å²) in [4.78, 5) is 36.1. The van der Waals surface area contributed by atoms with Gasteiger partial charge in [0.15, 0.2) is 0 Å². The molecule has 2 aliphatic rings. The number of fused-ring (bicyclic) bond motifs is 1. The number of benzene rings is 1. The van der Waals surface area contributed by atoms with Gasteiger partial charge in [-0.2, -0.15) is 5.10 Å². The maximum atomic E-state index is 12.8. The second-order valence-electron chi connectivity index (χ2n) is 7.36. The van der Waals surface area contributed by atoms with E-state index in [-0.39, 0.29) is 23.3 Å². The van der Waals surface area contributed by atoms with E-state index in [4.69, 9.17) is 0 Å². The van der Waals surface area contributed by atoms with E-state index in [0.717, 1.165) is 16.8 Å². The number of aryl methyl sites for hydroxylation is 1. The Morgan fingerprint density at radius 3 is 2.78 bits per heavy atom. The maximum Gasteiger partial charge on any atom is 0.264 e. The van der Waals surface area contributed by atoms with Crippen LogP contribution in [0.25, 0.3) is 0 Å². The highest BCUT2D eigenvalue weighted by Gasteiger charge is 2.40. The summed E-state index contributed by atoms with van der Waals surface area (Å²) in [6.07, 6.45) is 3.00. The third-order valence-electron chi connectivity index (χ3n) is 5.59. The Morgan fingerprint density at radius 1 is 1.22 bits per heavy atom. The van der Waals surface area contributed by atoms with Gasteiger partial charge in [-0.15, -0.1) is 0 Å². The third kappa shape index (κ3) is 3.49. The first-order chi connectivity index (χ1) is 13.1. The molecule has 1 fully saturated rings. The van der Waals surface area contributed by atoms with Crippen LogP contribution in [0.15, 0.2) is 41.2 Å². The molecule has 7 nitrogen and oxygen atoms in total. The zero-order chi connectivity index (χ0) is 18.9. The van der Waals surface area contributed by atoms with Crippen LogP contribution < -0.4 is 16.2 Å². The molecule has 140 valence electrons. The van der Waals surface area contributed by atoms with Crippen molar-refractivity contribution >= 4 is 11.8 Å². The second kappa shape index (κ2) is 6.98. The molecule has 7 heteroatoms. The highest BCUT2D eigenvalue weighted by molar-refractivity contribution is 5.81. The summed E-state index contributed by atoms with van der Waals surface area (Å²) in [6, 6.07) is 11.3. The standard InChI is InChI=1S/C20H22N4O3/c25-17-8-9-20(22-17,15-4-2-1-3-5-15)12-21-19(27)13-6-7-16-14(10-13)11-18(26)24-23-16/h1-5,11,13H,6-10,12H2,(H,21,27)(H,22,25)(H,24,26). The van der Waals surface area contributed by atoms with E-state index in [9.17, 15) is 14.4 Å². The van der Waals surface area contributed by atoms with E-state index in [1.54, 1.807) is 0 Å². The molecule has 0 saturated carbocycles. The Morgan fingerprint density at radius 2 is 2.04 bits per heavy atom. The van der Waals surface area contributed by atoms with Crippen LogP contribution in [-0.2, 0) is 28.0 Å². The van der Waals surface area contributed by atoms with Crippen molar-refractivity contribution in [2.24, 2.45) is 5.92 Å². The largest absolute Gasteiger partial charge is 0.353 e. The van der Waals surface area contributed by atoms with Gasteiger partial charge in [0.1, 0.15) is 0 Å². The average Bonchev–Trinajstić information content (AvgIpc) is 3.08. The van der Waals surface area contributed by atoms with Crippen LogP contribution in [0.2, 0.25) is 0 Å². The molecule has 0 spiro atoms. The molecule has 2 unspecified atom stereocenters. The lowest BCUT2D eigenvalue weighted by atomic mass is 9.85. The summed E-state index contributed by atoms with van der Waals surface area (Å²) in [5.74, 6) is -0.228. The Hall–Kier alpha value is -2.96. The Bertz CT molecular complexity index is 924. The predicted octanol–water partition coefficient (Wildman–Crippen LogP) is 0.796. The molecule has 2 atom stereocenters. The average molecular weight is 366 g/mol. The SMILES string of the molecule is O=C1CCC(CNC(=O)C2CCc3n[nH]c(=O)cc3C2)(c2ccccc2)N1. The van der Waals surface area contributed by atoms with Gasteiger partial charge in [-0.1, -0.05) is 30.3 Å². The first-order valence-corrected chi connectivity index (χ1v) is 9.27. The van der Waals surface area contributed by atoms with E-state index < -0.39 is 5.54 Å². The van der Waals surface area contributed by atoms with Crippen molar-refractivity contribution in [3.05, 3.63) is 63.6 Å². The first kappa shape index (κ1) is 17.5. The number of H-pyrrole nitrogens is 1. The number of hydrogen-bond donors (Lipinski definition) is 3. The summed E-state index contributed by atoms with van der Waals surface area (Å²) < 4.78 is 0. The van der Waals surface area contributed by atoms with Crippen molar-refractivity contribution in [2.45, 2.75) is 37.6 Å². The van der Waals surface area contributed by atoms with E-state index >= 15 is 0 Å². The van der Waals surface area contributed by atoms with Gasteiger partial charge >= 0.3 is 0 Å². The van der Waals surface area contributed by atoms with Crippen LogP contribution in [0.5, 0.6) is 0 Å². The lowest BCUT2D eigenvalue weighted by Crippen LogP contribution is -2.49. The fourth-order valence-electron chi connectivity index (χ4n) is 4.07. The molecule has 4 rings (SSSR count). The fourth-order valence-corrected chi connectivity index (χ4v) is 4.07. The van der Waals surface area contributed by atoms with Gasteiger partial charge in [0.25, 0.3) is 5.56 Å². The van der Waals surface area contributed by atoms with E-state index in [0.29, 0.717) is 38.6 Å². The van der Waals surface area contributed by atoms with Crippen LogP contribution >= 0.6 is 0 Å². The lowest BCUT2D eigenvalue weighted by Gasteiger charge is -2.31. The lowest BCUT2D eigenvalue weighted by molar-refractivity contribution is -0.126. The van der Waals surface area contributed by atoms with Gasteiger partial charge in [0.05, 0.1) is 11.2 Å². The van der Waals surface area contributed by atoms with Gasteiger partial charge in [-0.05, 0) is 36.8 Å². The fraction of sp³-hybridized carbons (Fsp3) is 0.400. The number of hydrogen-bond acceptors (Lipinski definition) is 4. The molecule has 1 aliphatic heterocycles. The van der Waals surface area contributed by atoms with Crippen molar-refractivity contribution in [3.63, 3.8) is 0 Å². The Kier molecular flexibility index (Phi) is 4.51. The number of rotatable bonds is 4.